The van der Waals surface area contributed by atoms with Crippen LogP contribution >= 0.6 is 0 Å². The molecule has 0 spiro atoms. The molecule has 1 heterocycles. The Morgan fingerprint density at radius 2 is 2.17 bits per heavy atom. The molecule has 2 rings (SSSR count). The maximum Gasteiger partial charge on any atom is 0.225 e. The van der Waals surface area contributed by atoms with Crippen molar-refractivity contribution in [3.63, 3.8) is 0 Å². The van der Waals surface area contributed by atoms with Gasteiger partial charge in [-0.15, -0.1) is 0 Å². The number of nitrogens with two attached hydrogens (primary N) is 1. The summed E-state index contributed by atoms with van der Waals surface area (Å²) >= 11 is 0. The van der Waals surface area contributed by atoms with Crippen molar-refractivity contribution >= 4 is 11.6 Å². The van der Waals surface area contributed by atoms with Gasteiger partial charge in [-0.1, -0.05) is 18.2 Å². The van der Waals surface area contributed by atoms with Crippen molar-refractivity contribution in [2.24, 2.45) is 5.73 Å². The van der Waals surface area contributed by atoms with E-state index < -0.39 is 0 Å². The highest BCUT2D eigenvalue weighted by molar-refractivity contribution is 5.90. The van der Waals surface area contributed by atoms with Crippen LogP contribution in [0.4, 0.5) is 5.69 Å². The van der Waals surface area contributed by atoms with Gasteiger partial charge in [0.2, 0.25) is 5.91 Å². The van der Waals surface area contributed by atoms with Crippen molar-refractivity contribution in [2.45, 2.75) is 25.3 Å². The lowest BCUT2D eigenvalue weighted by Crippen LogP contribution is -2.37. The summed E-state index contributed by atoms with van der Waals surface area (Å²) in [6.07, 6.45) is 2.89. The molecule has 1 aliphatic heterocycles. The van der Waals surface area contributed by atoms with Crippen molar-refractivity contribution in [3.05, 3.63) is 30.3 Å². The molecule has 1 amide bonds. The van der Waals surface area contributed by atoms with Crippen LogP contribution in [0, 0.1) is 0 Å². The molecule has 0 radical (unpaired) electrons. The molecule has 1 fully saturated rings. The summed E-state index contributed by atoms with van der Waals surface area (Å²) in [5, 5.41) is 2.90. The van der Waals surface area contributed by atoms with Crippen LogP contribution < -0.4 is 11.1 Å². The number of hydrogen-bond donors (Lipinski definition) is 2. The summed E-state index contributed by atoms with van der Waals surface area (Å²) in [6, 6.07) is 10.0. The topological polar surface area (TPSA) is 58.4 Å². The van der Waals surface area contributed by atoms with Crippen molar-refractivity contribution in [2.75, 3.05) is 25.0 Å². The lowest BCUT2D eigenvalue weighted by Gasteiger charge is -2.22. The van der Waals surface area contributed by atoms with Gasteiger partial charge in [0.05, 0.1) is 0 Å². The van der Waals surface area contributed by atoms with E-state index >= 15 is 0 Å². The zero-order valence-electron chi connectivity index (χ0n) is 10.6. The van der Waals surface area contributed by atoms with E-state index in [2.05, 4.69) is 10.2 Å². The van der Waals surface area contributed by atoms with Gasteiger partial charge in [-0.3, -0.25) is 9.69 Å². The zero-order chi connectivity index (χ0) is 12.8. The number of anilines is 1. The summed E-state index contributed by atoms with van der Waals surface area (Å²) in [5.41, 5.74) is 6.57. The molecule has 0 aromatic heterocycles. The van der Waals surface area contributed by atoms with Crippen LogP contribution in [0.1, 0.15) is 19.3 Å². The summed E-state index contributed by atoms with van der Waals surface area (Å²) < 4.78 is 0. The first kappa shape index (κ1) is 13.1. The second-order valence-electron chi connectivity index (χ2n) is 4.73. The van der Waals surface area contributed by atoms with Gasteiger partial charge in [-0.25, -0.2) is 0 Å². The number of nitrogens with zero attached hydrogens (tertiary/aromatic N) is 1. The summed E-state index contributed by atoms with van der Waals surface area (Å²) in [4.78, 5) is 14.1. The molecule has 3 N–H and O–H groups in total. The van der Waals surface area contributed by atoms with E-state index in [4.69, 9.17) is 5.73 Å². The Bertz CT molecular complexity index is 380. The first-order valence-electron chi connectivity index (χ1n) is 6.58. The predicted octanol–water partition coefficient (Wildman–Crippen LogP) is 1.44. The van der Waals surface area contributed by atoms with Gasteiger partial charge in [0, 0.05) is 31.2 Å². The Labute approximate surface area is 108 Å². The van der Waals surface area contributed by atoms with E-state index in [1.54, 1.807) is 0 Å². The van der Waals surface area contributed by atoms with Crippen LogP contribution in [-0.2, 0) is 4.79 Å². The number of nitrogens with one attached hydrogen (secondary N) is 1. The number of likely N-dealkylation sites (tertiary alicyclic amines) is 1. The van der Waals surface area contributed by atoms with Crippen molar-refractivity contribution in [1.82, 2.24) is 4.90 Å². The molecule has 1 unspecified atom stereocenters. The average molecular weight is 247 g/mol. The van der Waals surface area contributed by atoms with E-state index in [0.29, 0.717) is 19.0 Å². The highest BCUT2D eigenvalue weighted by atomic mass is 16.1. The van der Waals surface area contributed by atoms with Crippen LogP contribution in [-0.4, -0.2) is 36.5 Å². The Kier molecular flexibility index (Phi) is 4.73. The lowest BCUT2D eigenvalue weighted by molar-refractivity contribution is -0.116. The Morgan fingerprint density at radius 3 is 2.89 bits per heavy atom. The molecule has 18 heavy (non-hydrogen) atoms. The van der Waals surface area contributed by atoms with Crippen LogP contribution in [0.15, 0.2) is 30.3 Å². The number of para-hydroxylation sites is 1. The van der Waals surface area contributed by atoms with Crippen LogP contribution in [0.3, 0.4) is 0 Å². The molecule has 98 valence electrons. The third-order valence-electron chi connectivity index (χ3n) is 3.45. The second-order valence-corrected chi connectivity index (χ2v) is 4.73. The molecular formula is C14H21N3O. The molecular weight excluding hydrogens is 226 g/mol. The zero-order valence-corrected chi connectivity index (χ0v) is 10.6. The fraction of sp³-hybridized carbons (Fsp3) is 0.500. The minimum atomic E-state index is 0.0730. The standard InChI is InChI=1S/C14H21N3O/c15-11-13-7-4-9-17(13)10-8-14(18)16-12-5-2-1-3-6-12/h1-3,5-6,13H,4,7-11,15H2,(H,16,18). The Hall–Kier alpha value is -1.39. The molecule has 1 saturated heterocycles. The van der Waals surface area contributed by atoms with Crippen LogP contribution in [0.5, 0.6) is 0 Å². The minimum absolute atomic E-state index is 0.0730. The molecule has 0 bridgehead atoms. The fourth-order valence-electron chi connectivity index (χ4n) is 2.45. The Balaban J connectivity index is 1.75. The molecule has 1 aromatic rings. The van der Waals surface area contributed by atoms with E-state index in [-0.39, 0.29) is 5.91 Å². The van der Waals surface area contributed by atoms with E-state index in [9.17, 15) is 4.79 Å². The van der Waals surface area contributed by atoms with Crippen LogP contribution in [0.2, 0.25) is 0 Å². The van der Waals surface area contributed by atoms with Crippen molar-refractivity contribution in [1.29, 1.82) is 0 Å². The SMILES string of the molecule is NCC1CCCN1CCC(=O)Nc1ccccc1. The average Bonchev–Trinajstić information content (AvgIpc) is 2.85. The first-order valence-corrected chi connectivity index (χ1v) is 6.58. The van der Waals surface area contributed by atoms with Gasteiger partial charge in [0.15, 0.2) is 0 Å². The number of amides is 1. The Morgan fingerprint density at radius 1 is 1.39 bits per heavy atom. The van der Waals surface area contributed by atoms with E-state index in [1.165, 1.54) is 6.42 Å². The maximum atomic E-state index is 11.8. The van der Waals surface area contributed by atoms with Gasteiger partial charge < -0.3 is 11.1 Å². The molecule has 1 aromatic carbocycles. The number of hydrogen-bond acceptors (Lipinski definition) is 3. The van der Waals surface area contributed by atoms with Gasteiger partial charge in [0.25, 0.3) is 0 Å². The second kappa shape index (κ2) is 6.52. The smallest absolute Gasteiger partial charge is 0.225 e. The van der Waals surface area contributed by atoms with Gasteiger partial charge in [-0.05, 0) is 31.5 Å². The van der Waals surface area contributed by atoms with Crippen molar-refractivity contribution in [3.8, 4) is 0 Å². The number of rotatable bonds is 5. The summed E-state index contributed by atoms with van der Waals surface area (Å²) in [7, 11) is 0. The summed E-state index contributed by atoms with van der Waals surface area (Å²) in [6.45, 7) is 2.57. The third-order valence-corrected chi connectivity index (χ3v) is 3.45. The number of benzene rings is 1. The largest absolute Gasteiger partial charge is 0.329 e. The molecule has 0 aliphatic carbocycles. The molecule has 0 saturated carbocycles. The predicted molar refractivity (Wildman–Crippen MR) is 73.3 cm³/mol. The van der Waals surface area contributed by atoms with Crippen LogP contribution in [0.25, 0.3) is 0 Å². The van der Waals surface area contributed by atoms with Crippen molar-refractivity contribution < 1.29 is 4.79 Å². The van der Waals surface area contributed by atoms with Gasteiger partial charge in [-0.2, -0.15) is 0 Å². The fourth-order valence-corrected chi connectivity index (χ4v) is 2.45. The first-order chi connectivity index (χ1) is 8.79. The highest BCUT2D eigenvalue weighted by Crippen LogP contribution is 2.16. The lowest BCUT2D eigenvalue weighted by atomic mass is 10.2. The quantitative estimate of drug-likeness (QED) is 0.827. The maximum absolute atomic E-state index is 11.8. The molecule has 1 aliphatic rings. The minimum Gasteiger partial charge on any atom is -0.329 e. The van der Waals surface area contributed by atoms with E-state index in [1.807, 2.05) is 30.3 Å². The number of carbonyl (C=O) groups is 1. The van der Waals surface area contributed by atoms with Gasteiger partial charge >= 0.3 is 0 Å². The molecule has 1 atom stereocenters. The highest BCUT2D eigenvalue weighted by Gasteiger charge is 2.23. The van der Waals surface area contributed by atoms with Gasteiger partial charge in [0.1, 0.15) is 0 Å². The van der Waals surface area contributed by atoms with E-state index in [0.717, 1.165) is 25.2 Å². The monoisotopic (exact) mass is 247 g/mol. The third kappa shape index (κ3) is 3.55. The normalized spacial score (nSPS) is 19.9. The number of carbonyl (C=O) groups excluding carboxylic acids is 1. The molecule has 4 heteroatoms. The summed E-state index contributed by atoms with van der Waals surface area (Å²) in [5.74, 6) is 0.0730. The molecule has 4 nitrogen and oxygen atoms in total.